The van der Waals surface area contributed by atoms with Crippen molar-refractivity contribution in [3.05, 3.63) is 83.5 Å². The lowest BCUT2D eigenvalue weighted by Gasteiger charge is -2.04. The number of thiazole rings is 1. The lowest BCUT2D eigenvalue weighted by Crippen LogP contribution is -2.11. The van der Waals surface area contributed by atoms with E-state index < -0.39 is 10.0 Å². The highest BCUT2D eigenvalue weighted by molar-refractivity contribution is 7.92. The van der Waals surface area contributed by atoms with Crippen molar-refractivity contribution in [1.82, 2.24) is 14.8 Å². The minimum Gasteiger partial charge on any atom is -0.298 e. The van der Waals surface area contributed by atoms with E-state index in [2.05, 4.69) is 20.1 Å². The molecule has 0 atom stereocenters. The number of aromatic nitrogens is 3. The van der Waals surface area contributed by atoms with E-state index in [1.807, 2.05) is 35.7 Å². The van der Waals surface area contributed by atoms with E-state index in [4.69, 9.17) is 0 Å². The second-order valence-electron chi connectivity index (χ2n) is 6.86. The first-order valence-corrected chi connectivity index (χ1v) is 12.0. The Bertz CT molecular complexity index is 1300. The summed E-state index contributed by atoms with van der Waals surface area (Å²) in [5.74, 6) is -0.284. The molecule has 2 aromatic carbocycles. The molecule has 0 bridgehead atoms. The SMILES string of the molecule is CS(=O)(=O)Nc1ccc(-c2csc(NC(=O)c3cnn(Cc4ccccc4)c3)n2)cc1. The first-order chi connectivity index (χ1) is 14.9. The minimum absolute atomic E-state index is 0.284. The van der Waals surface area contributed by atoms with E-state index >= 15 is 0 Å². The summed E-state index contributed by atoms with van der Waals surface area (Å²) >= 11 is 1.31. The number of hydrogen-bond acceptors (Lipinski definition) is 6. The van der Waals surface area contributed by atoms with E-state index in [1.165, 1.54) is 17.5 Å². The molecule has 158 valence electrons. The Labute approximate surface area is 183 Å². The van der Waals surface area contributed by atoms with Gasteiger partial charge in [-0.05, 0) is 17.7 Å². The number of amides is 1. The topological polar surface area (TPSA) is 106 Å². The molecule has 10 heteroatoms. The molecule has 4 rings (SSSR count). The third-order valence-electron chi connectivity index (χ3n) is 4.29. The molecular weight excluding hydrogens is 434 g/mol. The zero-order valence-corrected chi connectivity index (χ0v) is 18.2. The van der Waals surface area contributed by atoms with Crippen molar-refractivity contribution in [1.29, 1.82) is 0 Å². The molecule has 0 spiro atoms. The van der Waals surface area contributed by atoms with E-state index in [9.17, 15) is 13.2 Å². The van der Waals surface area contributed by atoms with Crippen LogP contribution in [0.1, 0.15) is 15.9 Å². The summed E-state index contributed by atoms with van der Waals surface area (Å²) in [7, 11) is -3.32. The van der Waals surface area contributed by atoms with Crippen LogP contribution >= 0.6 is 11.3 Å². The van der Waals surface area contributed by atoms with Crippen LogP contribution in [0.25, 0.3) is 11.3 Å². The number of anilines is 2. The fourth-order valence-corrected chi connectivity index (χ4v) is 4.17. The summed E-state index contributed by atoms with van der Waals surface area (Å²) in [6.07, 6.45) is 4.33. The smallest absolute Gasteiger partial charge is 0.260 e. The van der Waals surface area contributed by atoms with Crippen LogP contribution in [-0.4, -0.2) is 35.3 Å². The van der Waals surface area contributed by atoms with Crippen molar-refractivity contribution in [2.75, 3.05) is 16.3 Å². The Morgan fingerprint density at radius 1 is 1.10 bits per heavy atom. The molecule has 0 saturated heterocycles. The lowest BCUT2D eigenvalue weighted by atomic mass is 10.1. The van der Waals surface area contributed by atoms with Crippen molar-refractivity contribution >= 4 is 38.1 Å². The number of carbonyl (C=O) groups excluding carboxylic acids is 1. The van der Waals surface area contributed by atoms with Gasteiger partial charge >= 0.3 is 0 Å². The van der Waals surface area contributed by atoms with Crippen molar-refractivity contribution in [3.8, 4) is 11.3 Å². The van der Waals surface area contributed by atoms with Crippen molar-refractivity contribution in [3.63, 3.8) is 0 Å². The van der Waals surface area contributed by atoms with Crippen LogP contribution < -0.4 is 10.0 Å². The Kier molecular flexibility index (Phi) is 5.83. The summed E-state index contributed by atoms with van der Waals surface area (Å²) in [4.78, 5) is 17.0. The maximum Gasteiger partial charge on any atom is 0.260 e. The molecule has 0 fully saturated rings. The zero-order chi connectivity index (χ0) is 21.8. The molecular formula is C21H19N5O3S2. The van der Waals surface area contributed by atoms with Crippen molar-refractivity contribution in [2.24, 2.45) is 0 Å². The second-order valence-corrected chi connectivity index (χ2v) is 9.46. The first kappa shape index (κ1) is 20.8. The van der Waals surface area contributed by atoms with Crippen LogP contribution in [0.4, 0.5) is 10.8 Å². The average Bonchev–Trinajstić information content (AvgIpc) is 3.38. The lowest BCUT2D eigenvalue weighted by molar-refractivity contribution is 0.102. The van der Waals surface area contributed by atoms with Gasteiger partial charge < -0.3 is 0 Å². The van der Waals surface area contributed by atoms with Gasteiger partial charge in [0.05, 0.1) is 30.3 Å². The normalized spacial score (nSPS) is 11.3. The summed E-state index contributed by atoms with van der Waals surface area (Å²) in [5.41, 5.74) is 3.52. The van der Waals surface area contributed by atoms with E-state index in [0.29, 0.717) is 28.6 Å². The predicted octanol–water partition coefficient (Wildman–Crippen LogP) is 3.68. The quantitative estimate of drug-likeness (QED) is 0.444. The molecule has 2 N–H and O–H groups in total. The number of sulfonamides is 1. The van der Waals surface area contributed by atoms with Gasteiger partial charge in [0.25, 0.3) is 5.91 Å². The number of nitrogens with one attached hydrogen (secondary N) is 2. The maximum absolute atomic E-state index is 12.5. The number of carbonyl (C=O) groups is 1. The number of benzene rings is 2. The molecule has 0 radical (unpaired) electrons. The van der Waals surface area contributed by atoms with Gasteiger partial charge in [0.2, 0.25) is 10.0 Å². The molecule has 2 heterocycles. The molecule has 31 heavy (non-hydrogen) atoms. The van der Waals surface area contributed by atoms with Crippen LogP contribution in [0.15, 0.2) is 72.4 Å². The van der Waals surface area contributed by atoms with E-state index in [0.717, 1.165) is 17.4 Å². The summed E-state index contributed by atoms with van der Waals surface area (Å²) in [6.45, 7) is 0.583. The van der Waals surface area contributed by atoms with Crippen LogP contribution in [0.2, 0.25) is 0 Å². The van der Waals surface area contributed by atoms with Gasteiger partial charge in [-0.1, -0.05) is 42.5 Å². The molecule has 0 aliphatic heterocycles. The Morgan fingerprint density at radius 3 is 2.55 bits per heavy atom. The molecule has 0 aliphatic rings. The van der Waals surface area contributed by atoms with Crippen LogP contribution in [-0.2, 0) is 16.6 Å². The predicted molar refractivity (Wildman–Crippen MR) is 122 cm³/mol. The Balaban J connectivity index is 1.40. The van der Waals surface area contributed by atoms with Gasteiger partial charge in [-0.15, -0.1) is 11.3 Å². The standard InChI is InChI=1S/C21H19N5O3S2/c1-31(28,29)25-18-9-7-16(8-10-18)19-14-30-21(23-19)24-20(27)17-11-22-26(13-17)12-15-5-3-2-4-6-15/h2-11,13-14,25H,12H2,1H3,(H,23,24,27). The molecule has 0 saturated carbocycles. The second kappa shape index (κ2) is 8.70. The van der Waals surface area contributed by atoms with E-state index in [1.54, 1.807) is 35.1 Å². The zero-order valence-electron chi connectivity index (χ0n) is 16.5. The third kappa shape index (κ3) is 5.56. The van der Waals surface area contributed by atoms with Crippen LogP contribution in [0.5, 0.6) is 0 Å². The number of nitrogens with zero attached hydrogens (tertiary/aromatic N) is 3. The first-order valence-electron chi connectivity index (χ1n) is 9.27. The highest BCUT2D eigenvalue weighted by Crippen LogP contribution is 2.26. The summed E-state index contributed by atoms with van der Waals surface area (Å²) < 4.78 is 26.7. The van der Waals surface area contributed by atoms with Crippen molar-refractivity contribution < 1.29 is 13.2 Å². The van der Waals surface area contributed by atoms with Crippen molar-refractivity contribution in [2.45, 2.75) is 6.54 Å². The molecule has 4 aromatic rings. The molecule has 2 aromatic heterocycles. The Morgan fingerprint density at radius 2 is 1.84 bits per heavy atom. The monoisotopic (exact) mass is 453 g/mol. The molecule has 0 unspecified atom stereocenters. The highest BCUT2D eigenvalue weighted by Gasteiger charge is 2.12. The van der Waals surface area contributed by atoms with Gasteiger partial charge in [0.15, 0.2) is 5.13 Å². The minimum atomic E-state index is -3.32. The average molecular weight is 454 g/mol. The van der Waals surface area contributed by atoms with Gasteiger partial charge in [0, 0.05) is 22.8 Å². The van der Waals surface area contributed by atoms with Crippen LogP contribution in [0, 0.1) is 0 Å². The van der Waals surface area contributed by atoms with Gasteiger partial charge in [-0.2, -0.15) is 5.10 Å². The van der Waals surface area contributed by atoms with E-state index in [-0.39, 0.29) is 5.91 Å². The highest BCUT2D eigenvalue weighted by atomic mass is 32.2. The fourth-order valence-electron chi connectivity index (χ4n) is 2.89. The van der Waals surface area contributed by atoms with Gasteiger partial charge in [0.1, 0.15) is 0 Å². The Hall–Kier alpha value is -3.50. The maximum atomic E-state index is 12.5. The molecule has 0 aliphatic carbocycles. The molecule has 1 amide bonds. The number of hydrogen-bond donors (Lipinski definition) is 2. The summed E-state index contributed by atoms with van der Waals surface area (Å²) in [6, 6.07) is 16.7. The largest absolute Gasteiger partial charge is 0.298 e. The summed E-state index contributed by atoms with van der Waals surface area (Å²) in [5, 5.41) is 9.34. The van der Waals surface area contributed by atoms with Gasteiger partial charge in [-0.25, -0.2) is 13.4 Å². The fraction of sp³-hybridized carbons (Fsp3) is 0.0952. The van der Waals surface area contributed by atoms with Crippen LogP contribution in [0.3, 0.4) is 0 Å². The third-order valence-corrected chi connectivity index (χ3v) is 5.66. The van der Waals surface area contributed by atoms with Gasteiger partial charge in [-0.3, -0.25) is 19.5 Å². The molecule has 8 nitrogen and oxygen atoms in total. The number of rotatable bonds is 7.